The van der Waals surface area contributed by atoms with Crippen molar-refractivity contribution in [2.24, 2.45) is 0 Å². The lowest BCUT2D eigenvalue weighted by Gasteiger charge is -2.35. The van der Waals surface area contributed by atoms with E-state index in [1.54, 1.807) is 0 Å². The molecule has 0 radical (unpaired) electrons. The summed E-state index contributed by atoms with van der Waals surface area (Å²) in [5, 5.41) is 11.2. The number of carboxylic acids is 1. The largest absolute Gasteiger partial charge is 0.480 e. The maximum absolute atomic E-state index is 12.3. The van der Waals surface area contributed by atoms with Gasteiger partial charge in [-0.25, -0.2) is 9.59 Å². The van der Waals surface area contributed by atoms with E-state index in [2.05, 4.69) is 5.32 Å². The van der Waals surface area contributed by atoms with Gasteiger partial charge in [0.05, 0.1) is 0 Å². The van der Waals surface area contributed by atoms with Crippen molar-refractivity contribution >= 4 is 23.8 Å². The molecule has 0 aromatic carbocycles. The number of carbonyl (C=O) groups excluding carboxylic acids is 3. The van der Waals surface area contributed by atoms with Gasteiger partial charge < -0.3 is 14.9 Å². The highest BCUT2D eigenvalue weighted by Crippen LogP contribution is 2.21. The highest BCUT2D eigenvalue weighted by molar-refractivity contribution is 6.04. The Kier molecular flexibility index (Phi) is 3.41. The third kappa shape index (κ3) is 2.38. The van der Waals surface area contributed by atoms with Gasteiger partial charge in [-0.15, -0.1) is 0 Å². The number of nitrogens with one attached hydrogen (secondary N) is 1. The maximum atomic E-state index is 12.3. The predicted octanol–water partition coefficient (Wildman–Crippen LogP) is -0.998. The van der Waals surface area contributed by atoms with Crippen molar-refractivity contribution in [2.45, 2.75) is 31.8 Å². The summed E-state index contributed by atoms with van der Waals surface area (Å²) in [7, 11) is 0. The molecule has 19 heavy (non-hydrogen) atoms. The fourth-order valence-electron chi connectivity index (χ4n) is 2.37. The van der Waals surface area contributed by atoms with Crippen molar-refractivity contribution in [3.05, 3.63) is 0 Å². The third-order valence-corrected chi connectivity index (χ3v) is 3.45. The van der Waals surface area contributed by atoms with Crippen LogP contribution in [0.4, 0.5) is 4.79 Å². The smallest absolute Gasteiger partial charge is 0.326 e. The van der Waals surface area contributed by atoms with Crippen molar-refractivity contribution < 1.29 is 24.3 Å². The van der Waals surface area contributed by atoms with Crippen LogP contribution in [-0.2, 0) is 14.4 Å². The first-order chi connectivity index (χ1) is 8.91. The van der Waals surface area contributed by atoms with Gasteiger partial charge in [-0.2, -0.15) is 0 Å². The number of hydrogen-bond donors (Lipinski definition) is 2. The first-order valence-corrected chi connectivity index (χ1v) is 6.05. The van der Waals surface area contributed by atoms with Crippen molar-refractivity contribution in [3.63, 3.8) is 0 Å². The minimum Gasteiger partial charge on any atom is -0.480 e. The van der Waals surface area contributed by atoms with E-state index in [0.29, 0.717) is 19.4 Å². The van der Waals surface area contributed by atoms with Gasteiger partial charge in [0.25, 0.3) is 0 Å². The summed E-state index contributed by atoms with van der Waals surface area (Å²) in [4.78, 5) is 48.4. The minimum absolute atomic E-state index is 0.228. The van der Waals surface area contributed by atoms with Gasteiger partial charge in [0, 0.05) is 6.54 Å². The van der Waals surface area contributed by atoms with Crippen LogP contribution in [0, 0.1) is 0 Å². The standard InChI is InChI=1S/C11H15N3O5/c1-6-9(16)12-8(15)5-14(6)11(19)13-4-2-3-7(13)10(17)18/h6-7H,2-5H2,1H3,(H,17,18)(H,12,15,16)/t6?,7-/m0/s1. The molecule has 0 spiro atoms. The molecule has 2 aliphatic rings. The lowest BCUT2D eigenvalue weighted by molar-refractivity contribution is -0.141. The summed E-state index contributed by atoms with van der Waals surface area (Å²) in [5.74, 6) is -2.16. The van der Waals surface area contributed by atoms with Crippen molar-refractivity contribution in [1.29, 1.82) is 0 Å². The van der Waals surface area contributed by atoms with Crippen LogP contribution in [0.2, 0.25) is 0 Å². The Hall–Kier alpha value is -2.12. The van der Waals surface area contributed by atoms with Crippen LogP contribution in [0.1, 0.15) is 19.8 Å². The number of amides is 4. The quantitative estimate of drug-likeness (QED) is 0.594. The number of likely N-dealkylation sites (tertiary alicyclic amines) is 1. The molecular formula is C11H15N3O5. The topological polar surface area (TPSA) is 107 Å². The SMILES string of the molecule is CC1C(=O)NC(=O)CN1C(=O)N1CCC[C@H]1C(=O)O. The molecule has 2 aliphatic heterocycles. The van der Waals surface area contributed by atoms with Crippen molar-refractivity contribution in [3.8, 4) is 0 Å². The Labute approximate surface area is 109 Å². The monoisotopic (exact) mass is 269 g/mol. The molecular weight excluding hydrogens is 254 g/mol. The van der Waals surface area contributed by atoms with Crippen molar-refractivity contribution in [1.82, 2.24) is 15.1 Å². The number of aliphatic carboxylic acids is 1. The van der Waals surface area contributed by atoms with E-state index in [-0.39, 0.29) is 6.54 Å². The van der Waals surface area contributed by atoms with Crippen LogP contribution in [0.5, 0.6) is 0 Å². The maximum Gasteiger partial charge on any atom is 0.326 e. The van der Waals surface area contributed by atoms with Gasteiger partial charge in [-0.3, -0.25) is 14.9 Å². The molecule has 1 unspecified atom stereocenters. The van der Waals surface area contributed by atoms with Crippen LogP contribution in [0.3, 0.4) is 0 Å². The normalized spacial score (nSPS) is 27.4. The molecule has 2 fully saturated rings. The summed E-state index contributed by atoms with van der Waals surface area (Å²) < 4.78 is 0. The molecule has 0 aliphatic carbocycles. The van der Waals surface area contributed by atoms with E-state index in [4.69, 9.17) is 5.11 Å². The van der Waals surface area contributed by atoms with E-state index >= 15 is 0 Å². The Morgan fingerprint density at radius 2 is 2.00 bits per heavy atom. The zero-order valence-electron chi connectivity index (χ0n) is 10.5. The molecule has 2 saturated heterocycles. The second-order valence-electron chi connectivity index (χ2n) is 4.69. The molecule has 0 aromatic rings. The number of imide groups is 1. The molecule has 2 atom stereocenters. The van der Waals surface area contributed by atoms with Crippen LogP contribution in [0.15, 0.2) is 0 Å². The first kappa shape index (κ1) is 13.3. The molecule has 2 heterocycles. The van der Waals surface area contributed by atoms with Crippen LogP contribution in [-0.4, -0.2) is 63.9 Å². The number of urea groups is 1. The van der Waals surface area contributed by atoms with Crippen LogP contribution < -0.4 is 5.32 Å². The van der Waals surface area contributed by atoms with Crippen molar-refractivity contribution in [2.75, 3.05) is 13.1 Å². The first-order valence-electron chi connectivity index (χ1n) is 6.05. The van der Waals surface area contributed by atoms with E-state index in [1.807, 2.05) is 0 Å². The van der Waals surface area contributed by atoms with Crippen LogP contribution in [0.25, 0.3) is 0 Å². The summed E-state index contributed by atoms with van der Waals surface area (Å²) in [6, 6.07) is -2.22. The molecule has 0 aromatic heterocycles. The fourth-order valence-corrected chi connectivity index (χ4v) is 2.37. The van der Waals surface area contributed by atoms with E-state index < -0.39 is 35.9 Å². The second kappa shape index (κ2) is 4.87. The lowest BCUT2D eigenvalue weighted by Crippen LogP contribution is -2.62. The van der Waals surface area contributed by atoms with Crippen LogP contribution >= 0.6 is 0 Å². The Morgan fingerprint density at radius 1 is 1.32 bits per heavy atom. The summed E-state index contributed by atoms with van der Waals surface area (Å²) in [6.45, 7) is 1.61. The van der Waals surface area contributed by atoms with Gasteiger partial charge in [0.2, 0.25) is 11.8 Å². The number of rotatable bonds is 1. The molecule has 2 N–H and O–H groups in total. The molecule has 4 amide bonds. The van der Waals surface area contributed by atoms with Gasteiger partial charge in [0.1, 0.15) is 18.6 Å². The molecule has 104 valence electrons. The predicted molar refractivity (Wildman–Crippen MR) is 62.1 cm³/mol. The van der Waals surface area contributed by atoms with Gasteiger partial charge >= 0.3 is 12.0 Å². The van der Waals surface area contributed by atoms with Gasteiger partial charge in [0.15, 0.2) is 0 Å². The molecule has 0 bridgehead atoms. The summed E-state index contributed by atoms with van der Waals surface area (Å²) in [6.07, 6.45) is 0.995. The van der Waals surface area contributed by atoms with E-state index in [0.717, 1.165) is 4.90 Å². The Balaban J connectivity index is 2.16. The summed E-state index contributed by atoms with van der Waals surface area (Å²) in [5.41, 5.74) is 0. The molecule has 8 heteroatoms. The third-order valence-electron chi connectivity index (χ3n) is 3.45. The second-order valence-corrected chi connectivity index (χ2v) is 4.69. The number of piperazine rings is 1. The average molecular weight is 269 g/mol. The number of carboxylic acid groups (broad SMARTS) is 1. The summed E-state index contributed by atoms with van der Waals surface area (Å²) >= 11 is 0. The highest BCUT2D eigenvalue weighted by Gasteiger charge is 2.41. The number of hydrogen-bond acceptors (Lipinski definition) is 4. The van der Waals surface area contributed by atoms with Gasteiger partial charge in [-0.1, -0.05) is 0 Å². The van der Waals surface area contributed by atoms with E-state index in [1.165, 1.54) is 11.8 Å². The number of carbonyl (C=O) groups is 4. The Morgan fingerprint density at radius 3 is 2.63 bits per heavy atom. The van der Waals surface area contributed by atoms with E-state index in [9.17, 15) is 19.2 Å². The zero-order chi connectivity index (χ0) is 14.2. The molecule has 8 nitrogen and oxygen atoms in total. The highest BCUT2D eigenvalue weighted by atomic mass is 16.4. The number of nitrogens with zero attached hydrogens (tertiary/aromatic N) is 2. The molecule has 2 rings (SSSR count). The zero-order valence-corrected chi connectivity index (χ0v) is 10.5. The lowest BCUT2D eigenvalue weighted by atomic mass is 10.2. The average Bonchev–Trinajstić information content (AvgIpc) is 2.82. The van der Waals surface area contributed by atoms with Gasteiger partial charge in [-0.05, 0) is 19.8 Å². The minimum atomic E-state index is -1.06. The molecule has 0 saturated carbocycles. The fraction of sp³-hybridized carbons (Fsp3) is 0.636. The Bertz CT molecular complexity index is 450.